The average molecular weight is 296 g/mol. The maximum Gasteiger partial charge on any atom is 0.0596 e. The second kappa shape index (κ2) is 5.13. The van der Waals surface area contributed by atoms with Gasteiger partial charge in [-0.05, 0) is 42.6 Å². The fourth-order valence-electron chi connectivity index (χ4n) is 1.88. The van der Waals surface area contributed by atoms with Crippen molar-refractivity contribution in [1.29, 1.82) is 0 Å². The van der Waals surface area contributed by atoms with Gasteiger partial charge >= 0.3 is 0 Å². The van der Waals surface area contributed by atoms with Crippen LogP contribution >= 0.6 is 27.3 Å². The summed E-state index contributed by atoms with van der Waals surface area (Å²) in [6, 6.07) is 10.8. The van der Waals surface area contributed by atoms with Crippen molar-refractivity contribution in [3.8, 4) is 0 Å². The summed E-state index contributed by atoms with van der Waals surface area (Å²) in [5, 5.41) is 5.52. The normalized spacial score (nSPS) is 12.7. The van der Waals surface area contributed by atoms with Gasteiger partial charge in [0.05, 0.1) is 6.04 Å². The molecule has 1 aromatic heterocycles. The van der Waals surface area contributed by atoms with Crippen LogP contribution in [0.25, 0.3) is 0 Å². The average Bonchev–Trinajstić information content (AvgIpc) is 2.69. The summed E-state index contributed by atoms with van der Waals surface area (Å²) < 4.78 is 1.15. The molecule has 0 saturated heterocycles. The van der Waals surface area contributed by atoms with Crippen LogP contribution in [0, 0.1) is 6.92 Å². The van der Waals surface area contributed by atoms with Crippen molar-refractivity contribution in [3.63, 3.8) is 0 Å². The highest BCUT2D eigenvalue weighted by Crippen LogP contribution is 2.31. The minimum absolute atomic E-state index is 0.266. The van der Waals surface area contributed by atoms with Gasteiger partial charge in [0.1, 0.15) is 0 Å². The molecule has 2 aromatic rings. The highest BCUT2D eigenvalue weighted by Gasteiger charge is 2.16. The lowest BCUT2D eigenvalue weighted by atomic mass is 10.00. The predicted octanol–water partition coefficient (Wildman–Crippen LogP) is 4.13. The Labute approximate surface area is 109 Å². The van der Waals surface area contributed by atoms with Crippen molar-refractivity contribution in [2.75, 3.05) is 7.05 Å². The Kier molecular flexibility index (Phi) is 3.79. The van der Waals surface area contributed by atoms with Crippen molar-refractivity contribution >= 4 is 27.3 Å². The Morgan fingerprint density at radius 3 is 2.50 bits per heavy atom. The lowest BCUT2D eigenvalue weighted by Crippen LogP contribution is -2.18. The third-order valence-electron chi connectivity index (χ3n) is 2.71. The molecule has 84 valence electrons. The van der Waals surface area contributed by atoms with Crippen LogP contribution in [0.4, 0.5) is 0 Å². The number of hydrogen-bond donors (Lipinski definition) is 1. The molecule has 0 amide bonds. The number of hydrogen-bond acceptors (Lipinski definition) is 2. The first-order valence-corrected chi connectivity index (χ1v) is 6.87. The molecule has 0 aliphatic carbocycles. The summed E-state index contributed by atoms with van der Waals surface area (Å²) in [5.41, 5.74) is 2.64. The van der Waals surface area contributed by atoms with Crippen molar-refractivity contribution in [2.45, 2.75) is 13.0 Å². The zero-order chi connectivity index (χ0) is 11.5. The molecule has 1 atom stereocenters. The molecule has 1 unspecified atom stereocenters. The Hall–Kier alpha value is -0.640. The largest absolute Gasteiger partial charge is 0.309 e. The lowest BCUT2D eigenvalue weighted by molar-refractivity contribution is 0.688. The van der Waals surface area contributed by atoms with Gasteiger partial charge in [-0.25, -0.2) is 0 Å². The minimum Gasteiger partial charge on any atom is -0.309 e. The van der Waals surface area contributed by atoms with Gasteiger partial charge in [-0.2, -0.15) is 0 Å². The number of halogens is 1. The fraction of sp³-hybridized carbons (Fsp3) is 0.231. The van der Waals surface area contributed by atoms with E-state index >= 15 is 0 Å². The van der Waals surface area contributed by atoms with Crippen LogP contribution in [0.3, 0.4) is 0 Å². The van der Waals surface area contributed by atoms with Crippen LogP contribution in [-0.4, -0.2) is 7.05 Å². The van der Waals surface area contributed by atoms with E-state index in [-0.39, 0.29) is 6.04 Å². The standard InChI is InChI=1S/C13H14BrNS/c1-9-10(7-8-16-9)13(15-2)11-5-3-4-6-12(11)14/h3-8,13,15H,1-2H3. The Morgan fingerprint density at radius 2 is 1.94 bits per heavy atom. The first kappa shape index (κ1) is 11.8. The van der Waals surface area contributed by atoms with E-state index in [0.29, 0.717) is 0 Å². The van der Waals surface area contributed by atoms with Gasteiger partial charge in [0.25, 0.3) is 0 Å². The van der Waals surface area contributed by atoms with E-state index in [4.69, 9.17) is 0 Å². The van der Waals surface area contributed by atoms with E-state index in [0.717, 1.165) is 4.47 Å². The van der Waals surface area contributed by atoms with Gasteiger partial charge in [0, 0.05) is 9.35 Å². The third-order valence-corrected chi connectivity index (χ3v) is 4.30. The molecule has 1 heterocycles. The van der Waals surface area contributed by atoms with Gasteiger partial charge in [-0.3, -0.25) is 0 Å². The van der Waals surface area contributed by atoms with Crippen LogP contribution < -0.4 is 5.32 Å². The first-order valence-electron chi connectivity index (χ1n) is 5.19. The van der Waals surface area contributed by atoms with Crippen LogP contribution in [0.5, 0.6) is 0 Å². The Bertz CT molecular complexity index is 478. The SMILES string of the molecule is CNC(c1ccccc1Br)c1ccsc1C. The summed E-state index contributed by atoms with van der Waals surface area (Å²) in [7, 11) is 2.00. The van der Waals surface area contributed by atoms with E-state index in [9.17, 15) is 0 Å². The molecular weight excluding hydrogens is 282 g/mol. The van der Waals surface area contributed by atoms with Crippen LogP contribution in [0.1, 0.15) is 22.0 Å². The zero-order valence-corrected chi connectivity index (χ0v) is 11.7. The zero-order valence-electron chi connectivity index (χ0n) is 9.33. The second-order valence-electron chi connectivity index (χ2n) is 3.68. The number of aryl methyl sites for hydroxylation is 1. The summed E-state index contributed by atoms with van der Waals surface area (Å²) in [4.78, 5) is 1.37. The first-order chi connectivity index (χ1) is 7.74. The van der Waals surface area contributed by atoms with Gasteiger partial charge in [-0.15, -0.1) is 11.3 Å². The summed E-state index contributed by atoms with van der Waals surface area (Å²) in [6.45, 7) is 2.17. The van der Waals surface area contributed by atoms with Gasteiger partial charge < -0.3 is 5.32 Å². The Morgan fingerprint density at radius 1 is 1.19 bits per heavy atom. The van der Waals surface area contributed by atoms with E-state index in [1.54, 1.807) is 11.3 Å². The summed E-state index contributed by atoms with van der Waals surface area (Å²) >= 11 is 5.40. The molecule has 0 aliphatic heterocycles. The summed E-state index contributed by atoms with van der Waals surface area (Å²) in [5.74, 6) is 0. The number of rotatable bonds is 3. The maximum absolute atomic E-state index is 3.61. The topological polar surface area (TPSA) is 12.0 Å². The van der Waals surface area contributed by atoms with E-state index in [1.165, 1.54) is 16.0 Å². The molecular formula is C13H14BrNS. The van der Waals surface area contributed by atoms with E-state index in [1.807, 2.05) is 13.1 Å². The molecule has 0 spiro atoms. The van der Waals surface area contributed by atoms with Crippen molar-refractivity contribution in [2.24, 2.45) is 0 Å². The molecule has 16 heavy (non-hydrogen) atoms. The molecule has 2 rings (SSSR count). The van der Waals surface area contributed by atoms with Crippen molar-refractivity contribution in [3.05, 3.63) is 56.2 Å². The third kappa shape index (κ3) is 2.21. The van der Waals surface area contributed by atoms with E-state index in [2.05, 4.69) is 57.8 Å². The van der Waals surface area contributed by atoms with Crippen LogP contribution in [-0.2, 0) is 0 Å². The quantitative estimate of drug-likeness (QED) is 0.898. The number of benzene rings is 1. The van der Waals surface area contributed by atoms with Crippen LogP contribution in [0.15, 0.2) is 40.2 Å². The van der Waals surface area contributed by atoms with Gasteiger partial charge in [-0.1, -0.05) is 34.1 Å². The fourth-order valence-corrected chi connectivity index (χ4v) is 3.14. The molecule has 0 aliphatic rings. The van der Waals surface area contributed by atoms with Crippen molar-refractivity contribution < 1.29 is 0 Å². The number of nitrogens with one attached hydrogen (secondary N) is 1. The molecule has 0 radical (unpaired) electrons. The molecule has 1 N–H and O–H groups in total. The summed E-state index contributed by atoms with van der Waals surface area (Å²) in [6.07, 6.45) is 0. The molecule has 0 fully saturated rings. The smallest absolute Gasteiger partial charge is 0.0596 e. The monoisotopic (exact) mass is 295 g/mol. The van der Waals surface area contributed by atoms with Gasteiger partial charge in [0.15, 0.2) is 0 Å². The highest BCUT2D eigenvalue weighted by molar-refractivity contribution is 9.10. The minimum atomic E-state index is 0.266. The second-order valence-corrected chi connectivity index (χ2v) is 5.65. The molecule has 1 nitrogen and oxygen atoms in total. The van der Waals surface area contributed by atoms with E-state index < -0.39 is 0 Å². The molecule has 0 bridgehead atoms. The predicted molar refractivity (Wildman–Crippen MR) is 74.1 cm³/mol. The molecule has 0 saturated carbocycles. The molecule has 3 heteroatoms. The number of thiophene rings is 1. The lowest BCUT2D eigenvalue weighted by Gasteiger charge is -2.18. The van der Waals surface area contributed by atoms with Crippen molar-refractivity contribution in [1.82, 2.24) is 5.32 Å². The Balaban J connectivity index is 2.45. The van der Waals surface area contributed by atoms with Gasteiger partial charge in [0.2, 0.25) is 0 Å². The van der Waals surface area contributed by atoms with Crippen LogP contribution in [0.2, 0.25) is 0 Å². The molecule has 1 aromatic carbocycles. The maximum atomic E-state index is 3.61. The highest BCUT2D eigenvalue weighted by atomic mass is 79.9.